The van der Waals surface area contributed by atoms with Crippen LogP contribution in [0.3, 0.4) is 0 Å². The molecular weight excluding hydrogens is 324 g/mol. The van der Waals surface area contributed by atoms with Crippen LogP contribution >= 0.6 is 11.8 Å². The summed E-state index contributed by atoms with van der Waals surface area (Å²) in [4.78, 5) is 22.3. The van der Waals surface area contributed by atoms with Gasteiger partial charge in [-0.05, 0) is 42.9 Å². The van der Waals surface area contributed by atoms with Crippen LogP contribution in [0.4, 0.5) is 0 Å². The maximum atomic E-state index is 10.8. The predicted octanol–water partition coefficient (Wildman–Crippen LogP) is 5.46. The van der Waals surface area contributed by atoms with E-state index in [0.717, 1.165) is 29.9 Å². The van der Waals surface area contributed by atoms with Crippen LogP contribution in [0.1, 0.15) is 74.6 Å². The fraction of sp³-hybridized carbons (Fsp3) is 0.579. The molecule has 0 heterocycles. The lowest BCUT2D eigenvalue weighted by molar-refractivity contribution is -0.137. The summed E-state index contributed by atoms with van der Waals surface area (Å²) >= 11 is 1.78. The Balaban J connectivity index is 1.90. The highest BCUT2D eigenvalue weighted by Gasteiger charge is 2.02. The molecule has 0 amide bonds. The van der Waals surface area contributed by atoms with Gasteiger partial charge in [-0.1, -0.05) is 44.9 Å². The van der Waals surface area contributed by atoms with E-state index in [1.807, 2.05) is 12.1 Å². The van der Waals surface area contributed by atoms with Crippen molar-refractivity contribution in [2.24, 2.45) is 0 Å². The van der Waals surface area contributed by atoms with Crippen LogP contribution in [0.25, 0.3) is 0 Å². The van der Waals surface area contributed by atoms with Crippen LogP contribution < -0.4 is 0 Å². The first-order valence-corrected chi connectivity index (χ1v) is 9.76. The smallest absolute Gasteiger partial charge is 0.335 e. The van der Waals surface area contributed by atoms with Crippen LogP contribution in [0.2, 0.25) is 0 Å². The maximum Gasteiger partial charge on any atom is 0.335 e. The second kappa shape index (κ2) is 12.9. The molecule has 0 fully saturated rings. The molecule has 5 heteroatoms. The van der Waals surface area contributed by atoms with Crippen LogP contribution in [-0.2, 0) is 4.79 Å². The fourth-order valence-electron chi connectivity index (χ4n) is 2.50. The van der Waals surface area contributed by atoms with Gasteiger partial charge in [0.1, 0.15) is 0 Å². The molecule has 4 nitrogen and oxygen atoms in total. The Bertz CT molecular complexity index is 485. The summed E-state index contributed by atoms with van der Waals surface area (Å²) in [6, 6.07) is 7.05. The standard InChI is InChI=1S/C19H28O4S/c20-18(21)10-8-6-4-2-1-3-5-7-9-15-24-17-13-11-16(12-14-17)19(22)23/h11-14H,1-10,15H2,(H,20,21)(H,22,23). The molecule has 0 atom stereocenters. The van der Waals surface area contributed by atoms with Gasteiger partial charge in [-0.15, -0.1) is 11.8 Å². The summed E-state index contributed by atoms with van der Waals surface area (Å²) in [6.07, 6.45) is 10.7. The van der Waals surface area contributed by atoms with Gasteiger partial charge < -0.3 is 10.2 Å². The SMILES string of the molecule is O=C(O)CCCCCCCCCCCSc1ccc(C(=O)O)cc1. The van der Waals surface area contributed by atoms with E-state index in [1.165, 1.54) is 38.5 Å². The quantitative estimate of drug-likeness (QED) is 0.343. The number of carboxylic acids is 2. The van der Waals surface area contributed by atoms with Gasteiger partial charge in [0.2, 0.25) is 0 Å². The number of rotatable bonds is 14. The van der Waals surface area contributed by atoms with Crippen molar-refractivity contribution < 1.29 is 19.8 Å². The zero-order valence-electron chi connectivity index (χ0n) is 14.2. The van der Waals surface area contributed by atoms with Gasteiger partial charge >= 0.3 is 11.9 Å². The van der Waals surface area contributed by atoms with Gasteiger partial charge in [0, 0.05) is 11.3 Å². The minimum absolute atomic E-state index is 0.302. The molecule has 0 spiro atoms. The minimum atomic E-state index is -0.881. The van der Waals surface area contributed by atoms with Crippen molar-refractivity contribution >= 4 is 23.7 Å². The number of hydrogen-bond donors (Lipinski definition) is 2. The number of unbranched alkanes of at least 4 members (excludes halogenated alkanes) is 8. The summed E-state index contributed by atoms with van der Waals surface area (Å²) in [7, 11) is 0. The highest BCUT2D eigenvalue weighted by Crippen LogP contribution is 2.20. The molecule has 2 N–H and O–H groups in total. The van der Waals surface area contributed by atoms with E-state index >= 15 is 0 Å². The van der Waals surface area contributed by atoms with Gasteiger partial charge in [0.05, 0.1) is 5.56 Å². The van der Waals surface area contributed by atoms with E-state index in [2.05, 4.69) is 0 Å². The Morgan fingerprint density at radius 1 is 0.750 bits per heavy atom. The van der Waals surface area contributed by atoms with Crippen molar-refractivity contribution in [1.29, 1.82) is 0 Å². The Hall–Kier alpha value is -1.49. The van der Waals surface area contributed by atoms with Crippen LogP contribution in [0.5, 0.6) is 0 Å². The third-order valence-corrected chi connectivity index (χ3v) is 5.00. The molecule has 0 aliphatic rings. The number of aliphatic carboxylic acids is 1. The minimum Gasteiger partial charge on any atom is -0.481 e. The second-order valence-electron chi connectivity index (χ2n) is 6.00. The zero-order valence-corrected chi connectivity index (χ0v) is 15.0. The van der Waals surface area contributed by atoms with E-state index in [4.69, 9.17) is 10.2 Å². The average molecular weight is 352 g/mol. The Kier molecular flexibility index (Phi) is 11.0. The van der Waals surface area contributed by atoms with Crippen molar-refractivity contribution in [2.75, 3.05) is 5.75 Å². The monoisotopic (exact) mass is 352 g/mol. The molecule has 0 bridgehead atoms. The number of carbonyl (C=O) groups is 2. The highest BCUT2D eigenvalue weighted by atomic mass is 32.2. The molecule has 0 unspecified atom stereocenters. The number of aromatic carboxylic acids is 1. The van der Waals surface area contributed by atoms with Gasteiger partial charge in [-0.3, -0.25) is 4.79 Å². The lowest BCUT2D eigenvalue weighted by atomic mass is 10.1. The van der Waals surface area contributed by atoms with E-state index < -0.39 is 11.9 Å². The summed E-state index contributed by atoms with van der Waals surface area (Å²) in [6.45, 7) is 0. The van der Waals surface area contributed by atoms with Gasteiger partial charge in [0.25, 0.3) is 0 Å². The maximum absolute atomic E-state index is 10.8. The van der Waals surface area contributed by atoms with Crippen molar-refractivity contribution in [1.82, 2.24) is 0 Å². The summed E-state index contributed by atoms with van der Waals surface area (Å²) in [5, 5.41) is 17.4. The molecule has 0 saturated heterocycles. The normalized spacial score (nSPS) is 10.7. The molecule has 1 rings (SSSR count). The van der Waals surface area contributed by atoms with Gasteiger partial charge in [-0.25, -0.2) is 4.79 Å². The number of thioether (sulfide) groups is 1. The Labute approximate surface area is 148 Å². The number of hydrogen-bond acceptors (Lipinski definition) is 3. The molecule has 24 heavy (non-hydrogen) atoms. The van der Waals surface area contributed by atoms with Crippen LogP contribution in [0.15, 0.2) is 29.2 Å². The third-order valence-electron chi connectivity index (χ3n) is 3.90. The first-order chi connectivity index (χ1) is 11.6. The number of carboxylic acid groups (broad SMARTS) is 2. The van der Waals surface area contributed by atoms with E-state index in [0.29, 0.717) is 12.0 Å². The lowest BCUT2D eigenvalue weighted by Crippen LogP contribution is -1.94. The van der Waals surface area contributed by atoms with Gasteiger partial charge in [0.15, 0.2) is 0 Å². The van der Waals surface area contributed by atoms with Crippen LogP contribution in [-0.4, -0.2) is 27.9 Å². The predicted molar refractivity (Wildman–Crippen MR) is 97.9 cm³/mol. The van der Waals surface area contributed by atoms with Crippen molar-refractivity contribution in [2.45, 2.75) is 69.1 Å². The number of benzene rings is 1. The summed E-state index contributed by atoms with van der Waals surface area (Å²) in [5.41, 5.74) is 0.335. The molecule has 0 aromatic heterocycles. The Morgan fingerprint density at radius 3 is 1.75 bits per heavy atom. The second-order valence-corrected chi connectivity index (χ2v) is 7.17. The molecule has 0 aliphatic carbocycles. The summed E-state index contributed by atoms with van der Waals surface area (Å²) < 4.78 is 0. The lowest BCUT2D eigenvalue weighted by Gasteiger charge is -2.03. The zero-order chi connectivity index (χ0) is 17.6. The fourth-order valence-corrected chi connectivity index (χ4v) is 3.41. The van der Waals surface area contributed by atoms with E-state index in [-0.39, 0.29) is 0 Å². The van der Waals surface area contributed by atoms with Crippen molar-refractivity contribution in [3.8, 4) is 0 Å². The van der Waals surface area contributed by atoms with E-state index in [1.54, 1.807) is 23.9 Å². The van der Waals surface area contributed by atoms with E-state index in [9.17, 15) is 9.59 Å². The largest absolute Gasteiger partial charge is 0.481 e. The van der Waals surface area contributed by atoms with Crippen molar-refractivity contribution in [3.05, 3.63) is 29.8 Å². The molecule has 0 radical (unpaired) electrons. The third kappa shape index (κ3) is 10.3. The topological polar surface area (TPSA) is 74.6 Å². The highest BCUT2D eigenvalue weighted by molar-refractivity contribution is 7.99. The Morgan fingerprint density at radius 2 is 1.25 bits per heavy atom. The molecular formula is C19H28O4S. The average Bonchev–Trinajstić information content (AvgIpc) is 2.56. The molecule has 0 aliphatic heterocycles. The first-order valence-electron chi connectivity index (χ1n) is 8.77. The van der Waals surface area contributed by atoms with Crippen LogP contribution in [0, 0.1) is 0 Å². The van der Waals surface area contributed by atoms with Crippen molar-refractivity contribution in [3.63, 3.8) is 0 Å². The molecule has 0 saturated carbocycles. The first kappa shape index (κ1) is 20.6. The summed E-state index contributed by atoms with van der Waals surface area (Å²) in [5.74, 6) is -0.499. The molecule has 134 valence electrons. The molecule has 1 aromatic rings. The molecule has 1 aromatic carbocycles. The van der Waals surface area contributed by atoms with Gasteiger partial charge in [-0.2, -0.15) is 0 Å².